The molecular formula is C84H104BrI15N6O22S3+6. The molecule has 0 bridgehead atoms. The molecule has 3 heterocycles. The van der Waals surface area contributed by atoms with Crippen molar-refractivity contribution >= 4 is 426 Å². The summed E-state index contributed by atoms with van der Waals surface area (Å²) in [6.07, 6.45) is 8.75. The van der Waals surface area contributed by atoms with Gasteiger partial charge in [0.05, 0.1) is 171 Å². The van der Waals surface area contributed by atoms with Crippen LogP contribution in [-0.2, 0) is 67.4 Å². The van der Waals surface area contributed by atoms with Gasteiger partial charge >= 0.3 is 41.9 Å². The summed E-state index contributed by atoms with van der Waals surface area (Å²) >= 11 is 35.8. The first kappa shape index (κ1) is 125. The Hall–Kier alpha value is 1.89. The van der Waals surface area contributed by atoms with Crippen LogP contribution < -0.4 is 30.7 Å². The molecule has 0 unspecified atom stereocenters. The van der Waals surface area contributed by atoms with E-state index in [-0.39, 0.29) is 102 Å². The Bertz CT molecular complexity index is 5070. The van der Waals surface area contributed by atoms with Crippen molar-refractivity contribution in [3.63, 3.8) is 0 Å². The number of carbonyl (C=O) groups excluding carboxylic acids is 7. The molecule has 0 radical (unpaired) electrons. The number of esters is 6. The maximum atomic E-state index is 12.3. The van der Waals surface area contributed by atoms with Crippen molar-refractivity contribution < 1.29 is 132 Å². The fourth-order valence-electron chi connectivity index (χ4n) is 11.5. The largest absolute Gasteiger partial charge is 0.513 e. The Labute approximate surface area is 980 Å². The highest BCUT2D eigenvalue weighted by molar-refractivity contribution is 14.1. The van der Waals surface area contributed by atoms with Crippen molar-refractivity contribution in [2.45, 2.75) is 59.0 Å². The number of phenolic OH excluding ortho intramolecular Hbond substituents is 1. The molecule has 0 atom stereocenters. The fourth-order valence-corrected chi connectivity index (χ4v) is 27.1. The number of allylic oxidation sites excluding steroid dienone is 1. The minimum Gasteiger partial charge on any atom is -0.506 e. The molecule has 28 nitrogen and oxygen atoms in total. The van der Waals surface area contributed by atoms with Gasteiger partial charge in [-0.2, -0.15) is 4.79 Å². The number of ether oxygens (including phenoxy) is 8. The molecule has 0 aliphatic carbocycles. The van der Waals surface area contributed by atoms with E-state index in [9.17, 15) is 63.9 Å². The van der Waals surface area contributed by atoms with E-state index >= 15 is 0 Å². The SMILES string of the molecule is C/C=C/C[NH2+]CCOC(=O)c1cc(I)cc(I)c1I.C=CCC[NH2+]CCOC(=O)c1cc(I)cc(I)c1I.CC(C)(C)OC(=O)[NH2+]CCOCCOC(=O)c1cc(I)cc(I)c1I.O=C(OCCC[NH+]1CCS(=O)(=O)CC1)c1c(I)ccc(I)c1I.O=C(OCCC[NH+]1CCS(=O)(=O)CC1)c1c(I)ccc(I)c1O.O=C(OCCC[NH+]1CCS(=O)(=O)CC1)c1cc(I)ccc1Br. The minimum absolute atomic E-state index is 0.0469. The monoisotopic (exact) mass is 3630 g/mol. The molecule has 3 fully saturated rings. The van der Waals surface area contributed by atoms with Crippen molar-refractivity contribution in [2.24, 2.45) is 0 Å². The number of benzene rings is 6. The maximum Gasteiger partial charge on any atom is 0.513 e. The highest BCUT2D eigenvalue weighted by Gasteiger charge is 2.30. The molecule has 1 amide bonds. The molecule has 3 saturated heterocycles. The van der Waals surface area contributed by atoms with Gasteiger partial charge in [-0.25, -0.2) is 59.3 Å². The van der Waals surface area contributed by atoms with Gasteiger partial charge in [0.15, 0.2) is 29.5 Å². The predicted molar refractivity (Wildman–Crippen MR) is 634 cm³/mol. The van der Waals surface area contributed by atoms with E-state index in [1.54, 1.807) is 18.2 Å². The molecule has 726 valence electrons. The Morgan fingerprint density at radius 2 is 0.786 bits per heavy atom. The number of halogens is 16. The third kappa shape index (κ3) is 51.0. The first-order valence-electron chi connectivity index (χ1n) is 40.5. The number of nitrogens with one attached hydrogen (secondary N) is 3. The number of primary amides is 1. The van der Waals surface area contributed by atoms with Crippen LogP contribution in [0.5, 0.6) is 5.75 Å². The van der Waals surface area contributed by atoms with Crippen molar-refractivity contribution in [2.75, 3.05) is 179 Å². The third-order valence-electron chi connectivity index (χ3n) is 18.3. The van der Waals surface area contributed by atoms with Crippen molar-refractivity contribution in [1.82, 2.24) is 0 Å². The summed E-state index contributed by atoms with van der Waals surface area (Å²) in [4.78, 5) is 87.7. The minimum atomic E-state index is -2.84. The van der Waals surface area contributed by atoms with E-state index in [0.717, 1.165) is 116 Å². The van der Waals surface area contributed by atoms with E-state index in [2.05, 4.69) is 333 Å². The number of aromatic hydroxyl groups is 1. The van der Waals surface area contributed by atoms with E-state index in [1.165, 1.54) is 20.0 Å². The summed E-state index contributed by atoms with van der Waals surface area (Å²) in [5, 5.41) is 15.7. The molecule has 3 aliphatic rings. The summed E-state index contributed by atoms with van der Waals surface area (Å²) in [7, 11) is -8.48. The highest BCUT2D eigenvalue weighted by atomic mass is 127. The summed E-state index contributed by atoms with van der Waals surface area (Å²) in [6, 6.07) is 24.6. The van der Waals surface area contributed by atoms with Gasteiger partial charge in [0.25, 0.3) is 0 Å². The average Bonchev–Trinajstić information content (AvgIpc) is 0.831. The first-order valence-corrected chi connectivity index (χ1v) is 63.0. The zero-order valence-corrected chi connectivity index (χ0v) is 108. The quantitative estimate of drug-likeness (QED) is 0.00485. The zero-order chi connectivity index (χ0) is 97.8. The van der Waals surface area contributed by atoms with Gasteiger partial charge in [0, 0.05) is 80.1 Å². The second kappa shape index (κ2) is 66.8. The number of carbonyl (C=O) groups is 7. The van der Waals surface area contributed by atoms with Crippen molar-refractivity contribution in [3.05, 3.63) is 195 Å². The number of hydrogen-bond donors (Lipinski definition) is 7. The Morgan fingerprint density at radius 1 is 0.420 bits per heavy atom. The summed E-state index contributed by atoms with van der Waals surface area (Å²) in [5.74, 6) is -0.501. The molecule has 6 aromatic rings. The van der Waals surface area contributed by atoms with Gasteiger partial charge in [-0.3, -0.25) is 0 Å². The summed E-state index contributed by atoms with van der Waals surface area (Å²) in [6.45, 7) is 24.0. The topological polar surface area (TPSA) is 379 Å². The number of hydrogen-bond acceptors (Lipinski definition) is 22. The lowest BCUT2D eigenvalue weighted by Gasteiger charge is -2.23. The number of sulfone groups is 3. The molecular weight excluding hydrogens is 3520 g/mol. The van der Waals surface area contributed by atoms with Crippen LogP contribution in [0.25, 0.3) is 0 Å². The molecule has 10 N–H and O–H groups in total. The van der Waals surface area contributed by atoms with Crippen LogP contribution in [0.3, 0.4) is 0 Å². The second-order valence-electron chi connectivity index (χ2n) is 29.6. The van der Waals surface area contributed by atoms with Gasteiger partial charge in [0.1, 0.15) is 56.4 Å². The lowest BCUT2D eigenvalue weighted by Crippen LogP contribution is -3.14. The number of phenols is 1. The molecule has 0 spiro atoms. The predicted octanol–water partition coefficient (Wildman–Crippen LogP) is 11.5. The molecule has 9 rings (SSSR count). The van der Waals surface area contributed by atoms with Gasteiger partial charge < -0.3 is 68.3 Å². The fraction of sp³-hybridized carbons (Fsp3) is 0.440. The van der Waals surface area contributed by atoms with Gasteiger partial charge in [-0.1, -0.05) is 12.2 Å². The van der Waals surface area contributed by atoms with Crippen LogP contribution in [0.1, 0.15) is 116 Å². The molecule has 0 saturated carbocycles. The van der Waals surface area contributed by atoms with Crippen molar-refractivity contribution in [1.29, 1.82) is 0 Å². The molecule has 3 aliphatic heterocycles. The Balaban J connectivity index is 0.000000330. The van der Waals surface area contributed by atoms with E-state index in [1.807, 2.05) is 146 Å². The Morgan fingerprint density at radius 3 is 1.21 bits per heavy atom. The van der Waals surface area contributed by atoms with E-state index < -0.39 is 41.1 Å². The Kier molecular flexibility index (Phi) is 63.9. The number of amides is 1. The van der Waals surface area contributed by atoms with E-state index in [0.29, 0.717) is 120 Å². The molecule has 0 aromatic heterocycles. The highest BCUT2D eigenvalue weighted by Crippen LogP contribution is 2.31. The van der Waals surface area contributed by atoms with Gasteiger partial charge in [-0.15, -0.1) is 6.58 Å². The van der Waals surface area contributed by atoms with Gasteiger partial charge in [0.2, 0.25) is 0 Å². The van der Waals surface area contributed by atoms with Gasteiger partial charge in [-0.05, 0) is 467 Å². The number of nitrogens with two attached hydrogens (primary N) is 3. The van der Waals surface area contributed by atoms with Crippen molar-refractivity contribution in [3.8, 4) is 5.75 Å². The number of rotatable bonds is 35. The van der Waals surface area contributed by atoms with Crippen LogP contribution in [0.4, 0.5) is 4.79 Å². The normalized spacial score (nSPS) is 14.5. The average molecular weight is 3630 g/mol. The van der Waals surface area contributed by atoms with Crippen LogP contribution in [0.2, 0.25) is 0 Å². The maximum absolute atomic E-state index is 12.3. The standard InChI is InChI=1S/C16H20I3NO5.C14H17BrINO4S.C14H16I3NO4S.C14H17I2NO5S.2C13H14I3NO2/c1-16(2,3)25-15(22)20-4-5-23-6-7-24-14(21)11-8-10(17)9-12(18)13(11)19;15-13-3-2-11(16)10-12(13)14(18)21-7-1-4-17-5-8-22(19,20)9-6-17;15-10-2-3-11(16)13(17)12(10)14(19)22-7-1-4-18-5-8-23(20,21)9-6-18;15-10-2-3-11(16)13(18)12(10)14(19)22-7-1-4-17-5-8-23(20,21)9-6-17;2*1-2-3-4-17-5-6-19-13(18)10-7-9(14)8-11(15)12(10)16/h8-9H,4-7H2,1-3H3,(H,20,22);2-3,10H,1,4-9H2;2-3H,1,4-9H2;2-3,18H,1,4-9H2;2-3,7-8,17H,4-6H2,1H3;2,7-8,17H,1,3-6H2/p+6/b;;;;3-2+;. The molecule has 47 heteroatoms. The molecule has 131 heavy (non-hydrogen) atoms. The lowest BCUT2D eigenvalue weighted by molar-refractivity contribution is -0.896. The van der Waals surface area contributed by atoms with E-state index in [4.69, 9.17) is 37.9 Å². The van der Waals surface area contributed by atoms with Crippen LogP contribution in [-0.4, -0.2) is 257 Å². The van der Waals surface area contributed by atoms with Crippen LogP contribution in [0, 0.1) is 53.6 Å². The number of quaternary nitrogens is 6. The second-order valence-corrected chi connectivity index (χ2v) is 54.8. The molecule has 6 aromatic carbocycles. The summed E-state index contributed by atoms with van der Waals surface area (Å²) in [5.41, 5.74) is 2.75. The van der Waals surface area contributed by atoms with Crippen LogP contribution >= 0.6 is 355 Å². The van der Waals surface area contributed by atoms with Crippen LogP contribution in [0.15, 0.2) is 108 Å². The summed E-state index contributed by atoms with van der Waals surface area (Å²) < 4.78 is 125. The third-order valence-corrected chi connectivity index (χ3v) is 41.3. The first-order chi connectivity index (χ1) is 61.7. The zero-order valence-electron chi connectivity index (χ0n) is 71.6. The smallest absolute Gasteiger partial charge is 0.506 e. The lowest BCUT2D eigenvalue weighted by atomic mass is 10.2.